The summed E-state index contributed by atoms with van der Waals surface area (Å²) in [6.45, 7) is 0. The van der Waals surface area contributed by atoms with Gasteiger partial charge < -0.3 is 15.8 Å². The van der Waals surface area contributed by atoms with Gasteiger partial charge in [0.15, 0.2) is 10.1 Å². The highest BCUT2D eigenvalue weighted by molar-refractivity contribution is 8.01. The molecule has 1 aliphatic heterocycles. The molecule has 0 radical (unpaired) electrons. The van der Waals surface area contributed by atoms with Crippen LogP contribution in [0.25, 0.3) is 0 Å². The number of non-ortho nitro benzene ring substituents is 1. The quantitative estimate of drug-likeness (QED) is 0.215. The zero-order chi connectivity index (χ0) is 29.1. The Labute approximate surface area is 242 Å². The maximum Gasteiger partial charge on any atom is 0.271 e. The Bertz CT molecular complexity index is 1660. The zero-order valence-electron chi connectivity index (χ0n) is 21.7. The van der Waals surface area contributed by atoms with Crippen LogP contribution in [-0.2, 0) is 9.59 Å². The van der Waals surface area contributed by atoms with Crippen LogP contribution in [0, 0.1) is 21.4 Å². The number of ketones is 1. The average molecular weight is 590 g/mol. The summed E-state index contributed by atoms with van der Waals surface area (Å²) in [6, 6.07) is 15.1. The third-order valence-electron chi connectivity index (χ3n) is 6.62. The lowest BCUT2D eigenvalue weighted by Gasteiger charge is -2.38. The van der Waals surface area contributed by atoms with Gasteiger partial charge in [-0.15, -0.1) is 10.2 Å². The molecule has 1 aliphatic carbocycles. The van der Waals surface area contributed by atoms with Crippen LogP contribution in [0.1, 0.15) is 30.7 Å². The number of aromatic nitrogens is 2. The van der Waals surface area contributed by atoms with Crippen molar-refractivity contribution in [2.75, 3.05) is 23.1 Å². The summed E-state index contributed by atoms with van der Waals surface area (Å²) in [5.41, 5.74) is 8.84. The van der Waals surface area contributed by atoms with Gasteiger partial charge in [0, 0.05) is 41.1 Å². The van der Waals surface area contributed by atoms with Gasteiger partial charge in [-0.05, 0) is 25.0 Å². The van der Waals surface area contributed by atoms with Gasteiger partial charge in [0.2, 0.25) is 11.0 Å². The minimum Gasteiger partial charge on any atom is -0.496 e. The van der Waals surface area contributed by atoms with E-state index >= 15 is 0 Å². The maximum atomic E-state index is 13.3. The molecule has 3 aromatic rings. The van der Waals surface area contributed by atoms with Gasteiger partial charge in [-0.1, -0.05) is 47.4 Å². The molecule has 2 aromatic carbocycles. The standard InChI is InChI=1S/C27H23N7O5S2/c1-39-21-11-3-2-8-17(21)23-18(13-28)25(29)33(19-9-5-10-20(35)24(19)23)26-31-32-27(41-26)40-14-22(36)30-15-6-4-7-16(12-15)34(37)38/h2-4,6-8,11-12,23H,5,9-10,14,29H2,1H3,(H,30,36). The molecule has 12 nitrogen and oxygen atoms in total. The Morgan fingerprint density at radius 1 is 1.29 bits per heavy atom. The number of anilines is 2. The molecule has 1 amide bonds. The summed E-state index contributed by atoms with van der Waals surface area (Å²) >= 11 is 2.31. The second-order valence-electron chi connectivity index (χ2n) is 9.05. The van der Waals surface area contributed by atoms with Crippen molar-refractivity contribution in [3.05, 3.63) is 86.9 Å². The van der Waals surface area contributed by atoms with Crippen LogP contribution in [0.3, 0.4) is 0 Å². The number of hydrogen-bond acceptors (Lipinski definition) is 12. The Kier molecular flexibility index (Phi) is 7.99. The van der Waals surface area contributed by atoms with E-state index in [1.165, 1.54) is 36.6 Å². The van der Waals surface area contributed by atoms with E-state index in [2.05, 4.69) is 21.6 Å². The smallest absolute Gasteiger partial charge is 0.271 e. The molecule has 41 heavy (non-hydrogen) atoms. The molecule has 0 bridgehead atoms. The second kappa shape index (κ2) is 11.8. The van der Waals surface area contributed by atoms with Crippen LogP contribution in [-0.4, -0.2) is 39.7 Å². The summed E-state index contributed by atoms with van der Waals surface area (Å²) < 4.78 is 6.02. The maximum absolute atomic E-state index is 13.3. The van der Waals surface area contributed by atoms with Gasteiger partial charge >= 0.3 is 0 Å². The van der Waals surface area contributed by atoms with Crippen molar-refractivity contribution < 1.29 is 19.2 Å². The number of rotatable bonds is 8. The van der Waals surface area contributed by atoms with Crippen LogP contribution >= 0.6 is 23.1 Å². The van der Waals surface area contributed by atoms with Gasteiger partial charge in [0.1, 0.15) is 11.6 Å². The molecule has 1 atom stereocenters. The monoisotopic (exact) mass is 589 g/mol. The molecule has 2 aliphatic rings. The first-order chi connectivity index (χ1) is 19.8. The molecule has 14 heteroatoms. The normalized spacial score (nSPS) is 16.7. The van der Waals surface area contributed by atoms with Crippen LogP contribution in [0.5, 0.6) is 5.75 Å². The minimum atomic E-state index is -0.672. The number of methoxy groups -OCH3 is 1. The predicted octanol–water partition coefficient (Wildman–Crippen LogP) is 4.49. The third kappa shape index (κ3) is 5.49. The van der Waals surface area contributed by atoms with E-state index in [-0.39, 0.29) is 34.5 Å². The van der Waals surface area contributed by atoms with Gasteiger partial charge in [-0.3, -0.25) is 24.6 Å². The Morgan fingerprint density at radius 3 is 2.85 bits per heavy atom. The SMILES string of the molecule is COc1ccccc1C1C(C#N)=C(N)N(c2nnc(SCC(=O)Nc3cccc([N+](=O)[O-])c3)s2)C2=C1C(=O)CCC2. The Balaban J connectivity index is 1.41. The topological polar surface area (TPSA) is 177 Å². The van der Waals surface area contributed by atoms with Gasteiger partial charge in [0.25, 0.3) is 5.69 Å². The van der Waals surface area contributed by atoms with E-state index in [4.69, 9.17) is 10.5 Å². The number of nitrogens with zero attached hydrogens (tertiary/aromatic N) is 5. The molecule has 0 spiro atoms. The molecule has 0 saturated heterocycles. The molecule has 208 valence electrons. The highest BCUT2D eigenvalue weighted by atomic mass is 32.2. The zero-order valence-corrected chi connectivity index (χ0v) is 23.3. The Morgan fingerprint density at radius 2 is 2.10 bits per heavy atom. The fourth-order valence-electron chi connectivity index (χ4n) is 4.89. The molecule has 0 fully saturated rings. The van der Waals surface area contributed by atoms with Crippen molar-refractivity contribution in [2.45, 2.75) is 29.5 Å². The number of nitriles is 1. The van der Waals surface area contributed by atoms with E-state index in [0.717, 1.165) is 11.8 Å². The van der Waals surface area contributed by atoms with Crippen molar-refractivity contribution >= 4 is 51.3 Å². The molecule has 1 aromatic heterocycles. The molecule has 3 N–H and O–H groups in total. The molecule has 0 saturated carbocycles. The summed E-state index contributed by atoms with van der Waals surface area (Å²) in [4.78, 5) is 37.9. The van der Waals surface area contributed by atoms with Crippen molar-refractivity contribution in [3.63, 3.8) is 0 Å². The highest BCUT2D eigenvalue weighted by Crippen LogP contribution is 2.48. The first kappa shape index (κ1) is 27.8. The lowest BCUT2D eigenvalue weighted by Crippen LogP contribution is -2.38. The van der Waals surface area contributed by atoms with Crippen molar-refractivity contribution in [3.8, 4) is 11.8 Å². The van der Waals surface area contributed by atoms with Gasteiger partial charge in [0.05, 0.1) is 35.3 Å². The largest absolute Gasteiger partial charge is 0.496 e. The average Bonchev–Trinajstić information content (AvgIpc) is 3.44. The lowest BCUT2D eigenvalue weighted by atomic mass is 9.75. The van der Waals surface area contributed by atoms with Crippen LogP contribution < -0.4 is 20.7 Å². The molecule has 2 heterocycles. The summed E-state index contributed by atoms with van der Waals surface area (Å²) in [5, 5.41) is 32.7. The van der Waals surface area contributed by atoms with Gasteiger partial charge in [-0.25, -0.2) is 0 Å². The first-order valence-electron chi connectivity index (χ1n) is 12.4. The van der Waals surface area contributed by atoms with E-state index in [1.54, 1.807) is 17.0 Å². The number of hydrogen-bond donors (Lipinski definition) is 2. The number of nitro benzene ring substituents is 1. The van der Waals surface area contributed by atoms with Crippen LogP contribution in [0.15, 0.2) is 75.5 Å². The van der Waals surface area contributed by atoms with Crippen LogP contribution in [0.4, 0.5) is 16.5 Å². The Hall–Kier alpha value is -4.74. The number of para-hydroxylation sites is 1. The number of Topliss-reactive ketones (excluding diaryl/α,β-unsaturated/α-hetero) is 1. The van der Waals surface area contributed by atoms with E-state index in [0.29, 0.717) is 57.0 Å². The van der Waals surface area contributed by atoms with E-state index in [1.807, 2.05) is 18.2 Å². The lowest BCUT2D eigenvalue weighted by molar-refractivity contribution is -0.384. The van der Waals surface area contributed by atoms with Gasteiger partial charge in [-0.2, -0.15) is 5.26 Å². The predicted molar refractivity (Wildman–Crippen MR) is 153 cm³/mol. The summed E-state index contributed by atoms with van der Waals surface area (Å²) in [7, 11) is 1.54. The number of nitro groups is 1. The van der Waals surface area contributed by atoms with E-state index < -0.39 is 10.8 Å². The fraction of sp³-hybridized carbons (Fsp3) is 0.222. The molecular weight excluding hydrogens is 566 g/mol. The second-order valence-corrected chi connectivity index (χ2v) is 11.2. The number of allylic oxidation sites excluding steroid dienone is 3. The van der Waals surface area contributed by atoms with Crippen LogP contribution in [0.2, 0.25) is 0 Å². The summed E-state index contributed by atoms with van der Waals surface area (Å²) in [5.74, 6) is -0.422. The van der Waals surface area contributed by atoms with Crippen molar-refractivity contribution in [1.82, 2.24) is 10.2 Å². The third-order valence-corrected chi connectivity index (χ3v) is 8.66. The molecular formula is C27H23N7O5S2. The number of thioether (sulfide) groups is 1. The molecule has 5 rings (SSSR count). The minimum absolute atomic E-state index is 0.0194. The highest BCUT2D eigenvalue weighted by Gasteiger charge is 2.42. The molecule has 1 unspecified atom stereocenters. The van der Waals surface area contributed by atoms with Crippen molar-refractivity contribution in [2.24, 2.45) is 5.73 Å². The number of amides is 1. The fourth-order valence-corrected chi connectivity index (χ4v) is 6.57. The van der Waals surface area contributed by atoms with Crippen molar-refractivity contribution in [1.29, 1.82) is 5.26 Å². The number of benzene rings is 2. The number of nitrogens with two attached hydrogens (primary N) is 1. The summed E-state index contributed by atoms with van der Waals surface area (Å²) in [6.07, 6.45) is 1.54. The van der Waals surface area contributed by atoms with E-state index in [9.17, 15) is 25.0 Å². The first-order valence-corrected chi connectivity index (χ1v) is 14.2. The number of ether oxygens (including phenoxy) is 1. The number of carbonyl (C=O) groups excluding carboxylic acids is 2. The number of carbonyl (C=O) groups is 2. The number of nitrogens with one attached hydrogen (secondary N) is 1.